The molecule has 10 aromatic rings. The summed E-state index contributed by atoms with van der Waals surface area (Å²) in [4.78, 5) is 0. The van der Waals surface area contributed by atoms with Gasteiger partial charge in [0.1, 0.15) is 6.07 Å². The van der Waals surface area contributed by atoms with Gasteiger partial charge in [-0.15, -0.1) is 0 Å². The van der Waals surface area contributed by atoms with Crippen LogP contribution in [0.3, 0.4) is 0 Å². The fourth-order valence-electron chi connectivity index (χ4n) is 7.82. The van der Waals surface area contributed by atoms with Gasteiger partial charge in [0.25, 0.3) is 0 Å². The highest BCUT2D eigenvalue weighted by molar-refractivity contribution is 6.14. The number of rotatable bonds is 3. The second-order valence-electron chi connectivity index (χ2n) is 12.4. The van der Waals surface area contributed by atoms with Gasteiger partial charge in [-0.25, -0.2) is 0 Å². The van der Waals surface area contributed by atoms with Gasteiger partial charge in [-0.3, -0.25) is 0 Å². The highest BCUT2D eigenvalue weighted by Crippen LogP contribution is 2.39. The molecule has 0 aliphatic carbocycles. The molecule has 0 N–H and O–H groups in total. The van der Waals surface area contributed by atoms with Crippen LogP contribution in [0, 0.1) is 22.7 Å². The molecule has 0 radical (unpaired) electrons. The number of para-hydroxylation sites is 4. The number of fused-ring (bicyclic) bond motifs is 9. The van der Waals surface area contributed by atoms with Crippen molar-refractivity contribution in [2.24, 2.45) is 0 Å². The largest absolute Gasteiger partial charge is 0.309 e. The quantitative estimate of drug-likeness (QED) is 0.197. The Balaban J connectivity index is 1.33. The second kappa shape index (κ2) is 10.2. The molecule has 0 fully saturated rings. The van der Waals surface area contributed by atoms with Crippen LogP contribution in [-0.4, -0.2) is 13.7 Å². The molecule has 0 aliphatic heterocycles. The van der Waals surface area contributed by atoms with Crippen molar-refractivity contribution in [1.82, 2.24) is 13.7 Å². The first-order valence-corrected chi connectivity index (χ1v) is 16.2. The molecule has 5 nitrogen and oxygen atoms in total. The standard InChI is InChI=1S/C44H25N5/c45-26-28-17-18-29(27-46)44(23-28)49-42-21-19-30(47-38-13-5-1-9-32(38)33-10-2-6-14-39(33)47)24-36(42)37-25-31(20-22-43(37)49)48-40-15-7-3-11-34(40)35-12-4-8-16-41(35)48/h1-25H. The zero-order valence-electron chi connectivity index (χ0n) is 26.2. The lowest BCUT2D eigenvalue weighted by Gasteiger charge is -2.12. The van der Waals surface area contributed by atoms with E-state index < -0.39 is 0 Å². The molecule has 0 spiro atoms. The summed E-state index contributed by atoms with van der Waals surface area (Å²) in [5.74, 6) is 0. The molecule has 7 aromatic carbocycles. The minimum Gasteiger partial charge on any atom is -0.309 e. The van der Waals surface area contributed by atoms with E-state index in [2.05, 4.69) is 159 Å². The van der Waals surface area contributed by atoms with Gasteiger partial charge in [0.05, 0.1) is 56.0 Å². The van der Waals surface area contributed by atoms with Crippen molar-refractivity contribution in [3.05, 3.63) is 163 Å². The Morgan fingerprint density at radius 1 is 0.347 bits per heavy atom. The summed E-state index contributed by atoms with van der Waals surface area (Å²) in [6.07, 6.45) is 0. The summed E-state index contributed by atoms with van der Waals surface area (Å²) >= 11 is 0. The molecule has 3 heterocycles. The van der Waals surface area contributed by atoms with Gasteiger partial charge < -0.3 is 13.7 Å². The third-order valence-electron chi connectivity index (χ3n) is 9.90. The first kappa shape index (κ1) is 27.1. The number of aromatic nitrogens is 3. The molecule has 0 saturated carbocycles. The summed E-state index contributed by atoms with van der Waals surface area (Å²) in [7, 11) is 0. The van der Waals surface area contributed by atoms with Gasteiger partial charge >= 0.3 is 0 Å². The van der Waals surface area contributed by atoms with Crippen LogP contribution in [0.25, 0.3) is 82.5 Å². The number of benzene rings is 7. The van der Waals surface area contributed by atoms with Crippen LogP contribution < -0.4 is 0 Å². The van der Waals surface area contributed by atoms with Crippen LogP contribution in [0.2, 0.25) is 0 Å². The molecule has 5 heteroatoms. The van der Waals surface area contributed by atoms with E-state index in [1.165, 1.54) is 21.5 Å². The van der Waals surface area contributed by atoms with E-state index in [9.17, 15) is 10.5 Å². The third-order valence-corrected chi connectivity index (χ3v) is 9.90. The van der Waals surface area contributed by atoms with Crippen LogP contribution in [0.1, 0.15) is 11.1 Å². The summed E-state index contributed by atoms with van der Waals surface area (Å²) < 4.78 is 6.80. The van der Waals surface area contributed by atoms with Crippen molar-refractivity contribution < 1.29 is 0 Å². The number of hydrogen-bond donors (Lipinski definition) is 0. The first-order valence-electron chi connectivity index (χ1n) is 16.2. The van der Waals surface area contributed by atoms with Crippen LogP contribution in [-0.2, 0) is 0 Å². The lowest BCUT2D eigenvalue weighted by Crippen LogP contribution is -1.99. The minimum atomic E-state index is 0.507. The maximum Gasteiger partial charge on any atom is 0.101 e. The topological polar surface area (TPSA) is 62.4 Å². The molecule has 0 unspecified atom stereocenters. The second-order valence-corrected chi connectivity index (χ2v) is 12.4. The predicted molar refractivity (Wildman–Crippen MR) is 199 cm³/mol. The van der Waals surface area contributed by atoms with Gasteiger partial charge in [-0.1, -0.05) is 72.8 Å². The molecule has 0 amide bonds. The average molecular weight is 624 g/mol. The summed E-state index contributed by atoms with van der Waals surface area (Å²) in [6.45, 7) is 0. The number of nitrogens with zero attached hydrogens (tertiary/aromatic N) is 5. The maximum atomic E-state index is 10.2. The smallest absolute Gasteiger partial charge is 0.101 e. The monoisotopic (exact) mass is 623 g/mol. The lowest BCUT2D eigenvalue weighted by molar-refractivity contribution is 1.15. The molecule has 0 bridgehead atoms. The lowest BCUT2D eigenvalue weighted by atomic mass is 10.1. The van der Waals surface area contributed by atoms with Gasteiger partial charge in [0, 0.05) is 43.7 Å². The van der Waals surface area contributed by atoms with E-state index in [1.807, 2.05) is 6.07 Å². The van der Waals surface area contributed by atoms with Gasteiger partial charge in [-0.05, 0) is 78.9 Å². The van der Waals surface area contributed by atoms with Crippen molar-refractivity contribution in [2.75, 3.05) is 0 Å². The SMILES string of the molecule is N#Cc1ccc(C#N)c(-n2c3ccc(-n4c5ccccc5c5ccccc54)cc3c3cc(-n4c5ccccc5c5ccccc54)ccc32)c1. The zero-order chi connectivity index (χ0) is 32.6. The van der Waals surface area contributed by atoms with Gasteiger partial charge in [0.15, 0.2) is 0 Å². The molecule has 0 saturated heterocycles. The van der Waals surface area contributed by atoms with Crippen LogP contribution >= 0.6 is 0 Å². The summed E-state index contributed by atoms with van der Waals surface area (Å²) in [5.41, 5.74) is 10.3. The normalized spacial score (nSPS) is 11.6. The fourth-order valence-corrected chi connectivity index (χ4v) is 7.82. The van der Waals surface area contributed by atoms with E-state index in [0.29, 0.717) is 16.8 Å². The molecule has 0 atom stereocenters. The zero-order valence-corrected chi connectivity index (χ0v) is 26.2. The number of hydrogen-bond acceptors (Lipinski definition) is 2. The van der Waals surface area contributed by atoms with Gasteiger partial charge in [0.2, 0.25) is 0 Å². The van der Waals surface area contributed by atoms with E-state index in [4.69, 9.17) is 0 Å². The molecular weight excluding hydrogens is 599 g/mol. The Labute approximate surface area is 280 Å². The molecule has 3 aromatic heterocycles. The molecule has 10 rings (SSSR count). The highest BCUT2D eigenvalue weighted by Gasteiger charge is 2.20. The summed E-state index contributed by atoms with van der Waals surface area (Å²) in [5, 5.41) is 27.0. The predicted octanol–water partition coefficient (Wildman–Crippen LogP) is 10.7. The third kappa shape index (κ3) is 3.79. The Kier molecular flexibility index (Phi) is 5.64. The van der Waals surface area contributed by atoms with Crippen LogP contribution in [0.5, 0.6) is 0 Å². The van der Waals surface area contributed by atoms with Crippen molar-refractivity contribution in [1.29, 1.82) is 10.5 Å². The van der Waals surface area contributed by atoms with E-state index in [-0.39, 0.29) is 0 Å². The maximum absolute atomic E-state index is 10.2. The van der Waals surface area contributed by atoms with Crippen molar-refractivity contribution in [3.63, 3.8) is 0 Å². The highest BCUT2D eigenvalue weighted by atomic mass is 15.0. The Morgan fingerprint density at radius 2 is 0.755 bits per heavy atom. The molecule has 0 aliphatic rings. The minimum absolute atomic E-state index is 0.507. The molecule has 49 heavy (non-hydrogen) atoms. The van der Waals surface area contributed by atoms with Crippen molar-refractivity contribution in [2.45, 2.75) is 0 Å². The molecular formula is C44H25N5. The van der Waals surface area contributed by atoms with E-state index >= 15 is 0 Å². The van der Waals surface area contributed by atoms with E-state index in [0.717, 1.165) is 55.2 Å². The van der Waals surface area contributed by atoms with Crippen LogP contribution in [0.4, 0.5) is 0 Å². The Bertz CT molecular complexity index is 2810. The van der Waals surface area contributed by atoms with Crippen molar-refractivity contribution >= 4 is 65.4 Å². The van der Waals surface area contributed by atoms with Crippen LogP contribution in [0.15, 0.2) is 152 Å². The van der Waals surface area contributed by atoms with Gasteiger partial charge in [-0.2, -0.15) is 10.5 Å². The van der Waals surface area contributed by atoms with E-state index in [1.54, 1.807) is 12.1 Å². The average Bonchev–Trinajstić information content (AvgIpc) is 3.80. The first-order chi connectivity index (χ1) is 24.2. The Morgan fingerprint density at radius 3 is 1.16 bits per heavy atom. The Hall–Kier alpha value is -7.08. The molecule has 226 valence electrons. The number of nitriles is 2. The summed E-state index contributed by atoms with van der Waals surface area (Å²) in [6, 6.07) is 57.2. The van der Waals surface area contributed by atoms with Crippen molar-refractivity contribution in [3.8, 4) is 29.2 Å². The fraction of sp³-hybridized carbons (Fsp3) is 0.